The Hall–Kier alpha value is -1.18. The Kier molecular flexibility index (Phi) is 5.56. The summed E-state index contributed by atoms with van der Waals surface area (Å²) in [6.07, 6.45) is 9.58. The van der Waals surface area contributed by atoms with Crippen LogP contribution in [-0.4, -0.2) is 13.7 Å². The second kappa shape index (κ2) is 7.42. The lowest BCUT2D eigenvalue weighted by molar-refractivity contribution is 0.416. The molecule has 0 amide bonds. The van der Waals surface area contributed by atoms with E-state index in [-0.39, 0.29) is 0 Å². The first-order valence-electron chi connectivity index (χ1n) is 7.77. The molecular weight excluding hydrogens is 234 g/mol. The van der Waals surface area contributed by atoms with Gasteiger partial charge in [-0.1, -0.05) is 57.6 Å². The molecule has 2 nitrogen and oxygen atoms in total. The molecule has 0 aromatic heterocycles. The van der Waals surface area contributed by atoms with Gasteiger partial charge in [-0.2, -0.15) is 0 Å². The van der Waals surface area contributed by atoms with Crippen molar-refractivity contribution in [2.75, 3.05) is 19.0 Å². The number of ether oxygens (including phenoxy) is 1. The molecule has 19 heavy (non-hydrogen) atoms. The Morgan fingerprint density at radius 3 is 2.74 bits per heavy atom. The van der Waals surface area contributed by atoms with Crippen molar-refractivity contribution in [3.05, 3.63) is 23.8 Å². The number of benzene rings is 1. The number of unbranched alkanes of at least 4 members (excludes halogenated alkanes) is 5. The molecule has 1 heterocycles. The van der Waals surface area contributed by atoms with E-state index in [0.717, 1.165) is 12.3 Å². The van der Waals surface area contributed by atoms with Crippen molar-refractivity contribution in [3.8, 4) is 5.75 Å². The molecule has 1 N–H and O–H groups in total. The summed E-state index contributed by atoms with van der Waals surface area (Å²) in [5.74, 6) is 1.67. The van der Waals surface area contributed by atoms with Crippen LogP contribution in [0, 0.1) is 0 Å². The van der Waals surface area contributed by atoms with Gasteiger partial charge in [0, 0.05) is 12.5 Å². The molecule has 0 aliphatic carbocycles. The summed E-state index contributed by atoms with van der Waals surface area (Å²) < 4.78 is 5.41. The van der Waals surface area contributed by atoms with E-state index in [1.165, 1.54) is 56.2 Å². The predicted molar refractivity (Wildman–Crippen MR) is 82.2 cm³/mol. The van der Waals surface area contributed by atoms with E-state index in [1.54, 1.807) is 7.11 Å². The van der Waals surface area contributed by atoms with Crippen LogP contribution in [0.3, 0.4) is 0 Å². The second-order valence-electron chi connectivity index (χ2n) is 5.56. The molecule has 1 unspecified atom stereocenters. The maximum absolute atomic E-state index is 5.41. The van der Waals surface area contributed by atoms with Crippen LogP contribution >= 0.6 is 0 Å². The lowest BCUT2D eigenvalue weighted by atomic mass is 9.94. The van der Waals surface area contributed by atoms with Crippen molar-refractivity contribution in [1.82, 2.24) is 0 Å². The minimum Gasteiger partial charge on any atom is -0.495 e. The molecular formula is C17H27NO. The molecule has 0 radical (unpaired) electrons. The number of hydrogen-bond acceptors (Lipinski definition) is 2. The van der Waals surface area contributed by atoms with Crippen LogP contribution in [0.25, 0.3) is 0 Å². The molecule has 0 saturated carbocycles. The molecule has 2 rings (SSSR count). The highest BCUT2D eigenvalue weighted by Crippen LogP contribution is 2.40. The van der Waals surface area contributed by atoms with Gasteiger partial charge < -0.3 is 10.1 Å². The highest BCUT2D eigenvalue weighted by molar-refractivity contribution is 5.66. The Morgan fingerprint density at radius 1 is 1.16 bits per heavy atom. The summed E-state index contributed by atoms with van der Waals surface area (Å²) in [5, 5.41) is 3.51. The van der Waals surface area contributed by atoms with Gasteiger partial charge in [-0.3, -0.25) is 0 Å². The third kappa shape index (κ3) is 3.65. The first-order chi connectivity index (χ1) is 9.36. The van der Waals surface area contributed by atoms with Gasteiger partial charge >= 0.3 is 0 Å². The maximum Gasteiger partial charge on any atom is 0.142 e. The fraction of sp³-hybridized carbons (Fsp3) is 0.647. The number of methoxy groups -OCH3 is 1. The summed E-state index contributed by atoms with van der Waals surface area (Å²) in [6, 6.07) is 6.40. The summed E-state index contributed by atoms with van der Waals surface area (Å²) in [7, 11) is 1.75. The van der Waals surface area contributed by atoms with E-state index in [2.05, 4.69) is 24.4 Å². The van der Waals surface area contributed by atoms with Crippen LogP contribution in [0.2, 0.25) is 0 Å². The predicted octanol–water partition coefficient (Wildman–Crippen LogP) is 4.95. The van der Waals surface area contributed by atoms with E-state index >= 15 is 0 Å². The lowest BCUT2D eigenvalue weighted by Gasteiger charge is -2.10. The molecule has 0 spiro atoms. The molecule has 0 fully saturated rings. The summed E-state index contributed by atoms with van der Waals surface area (Å²) in [4.78, 5) is 0. The topological polar surface area (TPSA) is 21.3 Å². The highest BCUT2D eigenvalue weighted by atomic mass is 16.5. The fourth-order valence-electron chi connectivity index (χ4n) is 3.01. The second-order valence-corrected chi connectivity index (χ2v) is 5.56. The minimum absolute atomic E-state index is 0.677. The van der Waals surface area contributed by atoms with E-state index in [9.17, 15) is 0 Å². The molecule has 1 aromatic carbocycles. The average Bonchev–Trinajstić information content (AvgIpc) is 2.86. The Labute approximate surface area is 117 Å². The number of para-hydroxylation sites is 1. The average molecular weight is 261 g/mol. The summed E-state index contributed by atoms with van der Waals surface area (Å²) in [5.41, 5.74) is 2.67. The zero-order valence-electron chi connectivity index (χ0n) is 12.4. The van der Waals surface area contributed by atoms with Gasteiger partial charge in [0.05, 0.1) is 12.8 Å². The SMILES string of the molecule is CCCCCCCCC1CNc2c(OC)cccc21. The molecule has 1 aliphatic heterocycles. The van der Waals surface area contributed by atoms with Gasteiger partial charge in [-0.25, -0.2) is 0 Å². The molecule has 106 valence electrons. The molecule has 1 atom stereocenters. The monoisotopic (exact) mass is 261 g/mol. The van der Waals surface area contributed by atoms with Crippen LogP contribution in [0.4, 0.5) is 5.69 Å². The molecule has 2 heteroatoms. The van der Waals surface area contributed by atoms with Gasteiger partial charge in [0.2, 0.25) is 0 Å². The number of nitrogens with one attached hydrogen (secondary N) is 1. The zero-order valence-corrected chi connectivity index (χ0v) is 12.4. The quantitative estimate of drug-likeness (QED) is 0.668. The first kappa shape index (κ1) is 14.2. The van der Waals surface area contributed by atoms with E-state index < -0.39 is 0 Å². The number of anilines is 1. The Bertz CT molecular complexity index is 389. The summed E-state index contributed by atoms with van der Waals surface area (Å²) in [6.45, 7) is 3.35. The molecule has 0 saturated heterocycles. The van der Waals surface area contributed by atoms with Gasteiger partial charge in [0.15, 0.2) is 0 Å². The number of hydrogen-bond donors (Lipinski definition) is 1. The largest absolute Gasteiger partial charge is 0.495 e. The third-order valence-corrected chi connectivity index (χ3v) is 4.15. The van der Waals surface area contributed by atoms with E-state index in [1.807, 2.05) is 6.07 Å². The van der Waals surface area contributed by atoms with Gasteiger partial charge in [-0.05, 0) is 18.1 Å². The van der Waals surface area contributed by atoms with Crippen LogP contribution in [0.1, 0.15) is 63.4 Å². The van der Waals surface area contributed by atoms with Gasteiger partial charge in [0.1, 0.15) is 5.75 Å². The van der Waals surface area contributed by atoms with Gasteiger partial charge in [-0.15, -0.1) is 0 Å². The molecule has 1 aliphatic rings. The van der Waals surface area contributed by atoms with Crippen molar-refractivity contribution in [1.29, 1.82) is 0 Å². The normalized spacial score (nSPS) is 17.1. The number of fused-ring (bicyclic) bond motifs is 1. The van der Waals surface area contributed by atoms with Crippen LogP contribution in [0.5, 0.6) is 5.75 Å². The first-order valence-corrected chi connectivity index (χ1v) is 7.77. The lowest BCUT2D eigenvalue weighted by Crippen LogP contribution is -2.01. The highest BCUT2D eigenvalue weighted by Gasteiger charge is 2.23. The third-order valence-electron chi connectivity index (χ3n) is 4.15. The Morgan fingerprint density at radius 2 is 1.95 bits per heavy atom. The minimum atomic E-state index is 0.677. The van der Waals surface area contributed by atoms with Crippen molar-refractivity contribution in [2.24, 2.45) is 0 Å². The standard InChI is InChI=1S/C17H27NO/c1-3-4-5-6-7-8-10-14-13-18-17-15(14)11-9-12-16(17)19-2/h9,11-12,14,18H,3-8,10,13H2,1-2H3. The van der Waals surface area contributed by atoms with Crippen molar-refractivity contribution < 1.29 is 4.74 Å². The maximum atomic E-state index is 5.41. The van der Waals surface area contributed by atoms with E-state index in [0.29, 0.717) is 5.92 Å². The molecule has 1 aromatic rings. The van der Waals surface area contributed by atoms with E-state index in [4.69, 9.17) is 4.74 Å². The zero-order chi connectivity index (χ0) is 13.5. The molecule has 0 bridgehead atoms. The summed E-state index contributed by atoms with van der Waals surface area (Å²) >= 11 is 0. The fourth-order valence-corrected chi connectivity index (χ4v) is 3.01. The van der Waals surface area contributed by atoms with Crippen LogP contribution in [-0.2, 0) is 0 Å². The van der Waals surface area contributed by atoms with Crippen LogP contribution in [0.15, 0.2) is 18.2 Å². The number of rotatable bonds is 8. The van der Waals surface area contributed by atoms with Gasteiger partial charge in [0.25, 0.3) is 0 Å². The Balaban J connectivity index is 1.79. The smallest absolute Gasteiger partial charge is 0.142 e. The van der Waals surface area contributed by atoms with Crippen molar-refractivity contribution in [2.45, 2.75) is 57.8 Å². The van der Waals surface area contributed by atoms with Crippen LogP contribution < -0.4 is 10.1 Å². The van der Waals surface area contributed by atoms with Crippen molar-refractivity contribution in [3.63, 3.8) is 0 Å². The van der Waals surface area contributed by atoms with Crippen molar-refractivity contribution >= 4 is 5.69 Å².